The molecule has 0 saturated heterocycles. The Bertz CT molecular complexity index is 575. The highest BCUT2D eigenvalue weighted by Crippen LogP contribution is 2.29. The van der Waals surface area contributed by atoms with Gasteiger partial charge in [0.2, 0.25) is 5.88 Å². The molecule has 0 saturated carbocycles. The van der Waals surface area contributed by atoms with Gasteiger partial charge in [0.15, 0.2) is 0 Å². The third-order valence-corrected chi connectivity index (χ3v) is 3.91. The summed E-state index contributed by atoms with van der Waals surface area (Å²) in [6.45, 7) is 6.39. The number of hydrogen-bond acceptors (Lipinski definition) is 5. The second kappa shape index (κ2) is 5.89. The first kappa shape index (κ1) is 14.9. The molecule has 1 unspecified atom stereocenters. The van der Waals surface area contributed by atoms with Crippen LogP contribution in [-0.4, -0.2) is 22.2 Å². The molecule has 2 aromatic rings. The van der Waals surface area contributed by atoms with Crippen LogP contribution in [-0.2, 0) is 11.8 Å². The lowest BCUT2D eigenvalue weighted by Gasteiger charge is -2.15. The summed E-state index contributed by atoms with van der Waals surface area (Å²) in [7, 11) is 1.56. The van der Waals surface area contributed by atoms with Gasteiger partial charge in [-0.1, -0.05) is 20.8 Å². The smallest absolute Gasteiger partial charge is 0.218 e. The van der Waals surface area contributed by atoms with Crippen LogP contribution in [0.25, 0.3) is 0 Å². The zero-order valence-electron chi connectivity index (χ0n) is 12.3. The lowest BCUT2D eigenvalue weighted by atomic mass is 9.93. The van der Waals surface area contributed by atoms with Gasteiger partial charge >= 0.3 is 0 Å². The van der Waals surface area contributed by atoms with E-state index in [-0.39, 0.29) is 5.41 Å². The third kappa shape index (κ3) is 3.35. The van der Waals surface area contributed by atoms with Crippen LogP contribution in [0, 0.1) is 0 Å². The molecule has 2 aromatic heterocycles. The molecular weight excluding hydrogens is 272 g/mol. The van der Waals surface area contributed by atoms with E-state index in [1.54, 1.807) is 30.7 Å². The van der Waals surface area contributed by atoms with Gasteiger partial charge in [-0.15, -0.1) is 11.3 Å². The summed E-state index contributed by atoms with van der Waals surface area (Å²) in [5.41, 5.74) is 1.79. The van der Waals surface area contributed by atoms with E-state index in [0.29, 0.717) is 17.9 Å². The van der Waals surface area contributed by atoms with Gasteiger partial charge in [0.25, 0.3) is 0 Å². The Hall–Kier alpha value is -1.46. The van der Waals surface area contributed by atoms with Crippen molar-refractivity contribution in [2.24, 2.45) is 0 Å². The van der Waals surface area contributed by atoms with E-state index < -0.39 is 6.10 Å². The van der Waals surface area contributed by atoms with Crippen molar-refractivity contribution in [3.05, 3.63) is 40.0 Å². The van der Waals surface area contributed by atoms with Crippen molar-refractivity contribution in [3.63, 3.8) is 0 Å². The van der Waals surface area contributed by atoms with Crippen LogP contribution < -0.4 is 4.74 Å². The van der Waals surface area contributed by atoms with E-state index in [0.717, 1.165) is 10.7 Å². The molecule has 0 radical (unpaired) electrons. The normalized spacial score (nSPS) is 13.2. The molecule has 2 rings (SSSR count). The monoisotopic (exact) mass is 292 g/mol. The Morgan fingerprint density at radius 1 is 1.40 bits per heavy atom. The summed E-state index contributed by atoms with van der Waals surface area (Å²) >= 11 is 1.58. The predicted molar refractivity (Wildman–Crippen MR) is 80.3 cm³/mol. The average molecular weight is 292 g/mol. The van der Waals surface area contributed by atoms with E-state index in [2.05, 4.69) is 36.1 Å². The van der Waals surface area contributed by atoms with Gasteiger partial charge in [-0.2, -0.15) is 0 Å². The number of rotatable bonds is 4. The van der Waals surface area contributed by atoms with Crippen LogP contribution in [0.4, 0.5) is 0 Å². The fraction of sp³-hybridized carbons (Fsp3) is 0.467. The summed E-state index contributed by atoms with van der Waals surface area (Å²) in [5, 5.41) is 13.3. The summed E-state index contributed by atoms with van der Waals surface area (Å²) in [6.07, 6.45) is 1.47. The number of aliphatic hydroxyl groups is 1. The van der Waals surface area contributed by atoms with Crippen molar-refractivity contribution in [1.82, 2.24) is 9.97 Å². The van der Waals surface area contributed by atoms with Gasteiger partial charge in [-0.25, -0.2) is 9.97 Å². The molecule has 5 heteroatoms. The highest BCUT2D eigenvalue weighted by molar-refractivity contribution is 7.09. The highest BCUT2D eigenvalue weighted by Gasteiger charge is 2.20. The first-order chi connectivity index (χ1) is 9.41. The average Bonchev–Trinajstić information content (AvgIpc) is 2.87. The van der Waals surface area contributed by atoms with Crippen LogP contribution in [0.2, 0.25) is 0 Å². The quantitative estimate of drug-likeness (QED) is 0.940. The molecule has 0 aromatic carbocycles. The molecule has 1 N–H and O–H groups in total. The first-order valence-corrected chi connectivity index (χ1v) is 7.41. The van der Waals surface area contributed by atoms with Crippen LogP contribution in [0.5, 0.6) is 5.88 Å². The molecule has 0 bridgehead atoms. The van der Waals surface area contributed by atoms with E-state index in [1.807, 2.05) is 6.07 Å². The van der Waals surface area contributed by atoms with Crippen molar-refractivity contribution < 1.29 is 9.84 Å². The fourth-order valence-corrected chi connectivity index (χ4v) is 2.91. The number of aliphatic hydroxyl groups excluding tert-OH is 1. The molecule has 108 valence electrons. The molecule has 1 atom stereocenters. The number of aromatic nitrogens is 2. The molecule has 4 nitrogen and oxygen atoms in total. The Balaban J connectivity index is 2.15. The summed E-state index contributed by atoms with van der Waals surface area (Å²) in [4.78, 5) is 8.70. The molecule has 0 fully saturated rings. The lowest BCUT2D eigenvalue weighted by Crippen LogP contribution is -2.12. The molecule has 0 amide bonds. The summed E-state index contributed by atoms with van der Waals surface area (Å²) in [5.74, 6) is 0.465. The Labute approximate surface area is 123 Å². The fourth-order valence-electron chi connectivity index (χ4n) is 1.85. The minimum Gasteiger partial charge on any atom is -0.481 e. The zero-order chi connectivity index (χ0) is 14.8. The van der Waals surface area contributed by atoms with E-state index in [1.165, 1.54) is 0 Å². The Morgan fingerprint density at radius 3 is 2.75 bits per heavy atom. The molecule has 0 aliphatic rings. The largest absolute Gasteiger partial charge is 0.481 e. The Morgan fingerprint density at radius 2 is 2.15 bits per heavy atom. The molecule has 0 aliphatic carbocycles. The first-order valence-electron chi connectivity index (χ1n) is 6.53. The minimum atomic E-state index is -0.655. The van der Waals surface area contributed by atoms with Crippen LogP contribution in [0.1, 0.15) is 43.1 Å². The van der Waals surface area contributed by atoms with Crippen LogP contribution in [0.15, 0.2) is 23.7 Å². The standard InChI is InChI=1S/C15H20N2O2S/c1-15(2,3)12-9-20-13(17-12)8-11(18)10-6-5-7-16-14(10)19-4/h5-7,9,11,18H,8H2,1-4H3. The maximum Gasteiger partial charge on any atom is 0.218 e. The molecule has 20 heavy (non-hydrogen) atoms. The van der Waals surface area contributed by atoms with Gasteiger partial charge in [-0.05, 0) is 12.1 Å². The second-order valence-electron chi connectivity index (χ2n) is 5.70. The van der Waals surface area contributed by atoms with Gasteiger partial charge in [-0.3, -0.25) is 0 Å². The molecule has 0 aliphatic heterocycles. The SMILES string of the molecule is COc1ncccc1C(O)Cc1nc(C(C)(C)C)cs1. The molecular formula is C15H20N2O2S. The Kier molecular flexibility index (Phi) is 4.40. The third-order valence-electron chi connectivity index (χ3n) is 3.04. The van der Waals surface area contributed by atoms with Crippen molar-refractivity contribution in [2.45, 2.75) is 38.7 Å². The number of thiazole rings is 1. The van der Waals surface area contributed by atoms with E-state index >= 15 is 0 Å². The lowest BCUT2D eigenvalue weighted by molar-refractivity contribution is 0.172. The molecule has 0 spiro atoms. The van der Waals surface area contributed by atoms with Crippen molar-refractivity contribution in [3.8, 4) is 5.88 Å². The number of nitrogens with zero attached hydrogens (tertiary/aromatic N) is 2. The van der Waals surface area contributed by atoms with Crippen molar-refractivity contribution in [1.29, 1.82) is 0 Å². The summed E-state index contributed by atoms with van der Waals surface area (Å²) < 4.78 is 5.18. The molecule has 2 heterocycles. The number of methoxy groups -OCH3 is 1. The zero-order valence-corrected chi connectivity index (χ0v) is 13.1. The number of hydrogen-bond donors (Lipinski definition) is 1. The topological polar surface area (TPSA) is 55.2 Å². The van der Waals surface area contributed by atoms with E-state index in [9.17, 15) is 5.11 Å². The van der Waals surface area contributed by atoms with Gasteiger partial charge in [0.05, 0.1) is 23.9 Å². The maximum absolute atomic E-state index is 10.3. The van der Waals surface area contributed by atoms with Gasteiger partial charge in [0.1, 0.15) is 0 Å². The second-order valence-corrected chi connectivity index (χ2v) is 6.64. The highest BCUT2D eigenvalue weighted by atomic mass is 32.1. The van der Waals surface area contributed by atoms with Crippen molar-refractivity contribution >= 4 is 11.3 Å². The minimum absolute atomic E-state index is 0.0334. The van der Waals surface area contributed by atoms with Crippen molar-refractivity contribution in [2.75, 3.05) is 7.11 Å². The number of ether oxygens (including phenoxy) is 1. The van der Waals surface area contributed by atoms with Crippen LogP contribution in [0.3, 0.4) is 0 Å². The van der Waals surface area contributed by atoms with Gasteiger partial charge < -0.3 is 9.84 Å². The maximum atomic E-state index is 10.3. The number of pyridine rings is 1. The summed E-state index contributed by atoms with van der Waals surface area (Å²) in [6, 6.07) is 3.62. The predicted octanol–water partition coefficient (Wildman–Crippen LogP) is 3.12. The van der Waals surface area contributed by atoms with E-state index in [4.69, 9.17) is 4.74 Å². The van der Waals surface area contributed by atoms with Crippen LogP contribution >= 0.6 is 11.3 Å². The van der Waals surface area contributed by atoms with Gasteiger partial charge in [0, 0.05) is 29.0 Å².